The van der Waals surface area contributed by atoms with Crippen molar-refractivity contribution in [2.45, 2.75) is 70.8 Å². The van der Waals surface area contributed by atoms with E-state index in [0.717, 1.165) is 32.1 Å². The van der Waals surface area contributed by atoms with Crippen LogP contribution in [-0.2, 0) is 0 Å². The summed E-state index contributed by atoms with van der Waals surface area (Å²) in [6.07, 6.45) is 7.84. The zero-order valence-corrected chi connectivity index (χ0v) is 9.76. The van der Waals surface area contributed by atoms with Crippen molar-refractivity contribution in [3.63, 3.8) is 0 Å². The van der Waals surface area contributed by atoms with Gasteiger partial charge in [0, 0.05) is 6.61 Å². The normalized spacial score (nSPS) is 15.4. The topological polar surface area (TPSA) is 40.5 Å². The minimum Gasteiger partial charge on any atom is -0.396 e. The van der Waals surface area contributed by atoms with Crippen molar-refractivity contribution < 1.29 is 10.2 Å². The Labute approximate surface area is 88.3 Å². The molecule has 2 N–H and O–H groups in total. The maximum Gasteiger partial charge on any atom is 0.0669 e. The lowest BCUT2D eigenvalue weighted by Gasteiger charge is -2.27. The summed E-state index contributed by atoms with van der Waals surface area (Å²) in [4.78, 5) is 0. The number of aliphatic hydroxyl groups is 2. The number of hydrogen-bond donors (Lipinski definition) is 2. The zero-order valence-electron chi connectivity index (χ0n) is 9.76. The number of unbranched alkanes of at least 4 members (excludes halogenated alkanes) is 3. The van der Waals surface area contributed by atoms with Gasteiger partial charge in [-0.2, -0.15) is 0 Å². The van der Waals surface area contributed by atoms with Crippen LogP contribution in [0.1, 0.15) is 65.2 Å². The molecule has 0 fully saturated rings. The first kappa shape index (κ1) is 13.9. The molecule has 0 aliphatic heterocycles. The van der Waals surface area contributed by atoms with Crippen LogP contribution >= 0.6 is 0 Å². The van der Waals surface area contributed by atoms with Crippen molar-refractivity contribution >= 4 is 0 Å². The van der Waals surface area contributed by atoms with E-state index in [1.54, 1.807) is 0 Å². The fourth-order valence-electron chi connectivity index (χ4n) is 1.79. The molecule has 0 radical (unpaired) electrons. The molecule has 0 aliphatic carbocycles. The molecule has 0 spiro atoms. The van der Waals surface area contributed by atoms with Gasteiger partial charge in [0.05, 0.1) is 5.60 Å². The van der Waals surface area contributed by atoms with E-state index in [-0.39, 0.29) is 6.61 Å². The fraction of sp³-hybridized carbons (Fsp3) is 1.00. The van der Waals surface area contributed by atoms with Crippen molar-refractivity contribution in [3.05, 3.63) is 0 Å². The summed E-state index contributed by atoms with van der Waals surface area (Å²) in [6.45, 7) is 4.40. The SMILES string of the molecule is CCCCCC(O)(CCO)CCCC. The van der Waals surface area contributed by atoms with Gasteiger partial charge >= 0.3 is 0 Å². The van der Waals surface area contributed by atoms with Gasteiger partial charge in [-0.3, -0.25) is 0 Å². The van der Waals surface area contributed by atoms with Crippen LogP contribution in [0.3, 0.4) is 0 Å². The summed E-state index contributed by atoms with van der Waals surface area (Å²) in [5.41, 5.74) is -0.597. The molecular weight excluding hydrogens is 176 g/mol. The minimum atomic E-state index is -0.597. The molecule has 0 aromatic heterocycles. The van der Waals surface area contributed by atoms with Gasteiger partial charge in [0.2, 0.25) is 0 Å². The van der Waals surface area contributed by atoms with Gasteiger partial charge in [-0.25, -0.2) is 0 Å². The molecule has 86 valence electrons. The number of rotatable bonds is 9. The summed E-state index contributed by atoms with van der Waals surface area (Å²) in [7, 11) is 0. The van der Waals surface area contributed by atoms with Crippen LogP contribution in [0.5, 0.6) is 0 Å². The van der Waals surface area contributed by atoms with Gasteiger partial charge in [0.15, 0.2) is 0 Å². The lowest BCUT2D eigenvalue weighted by atomic mass is 9.88. The van der Waals surface area contributed by atoms with Crippen LogP contribution < -0.4 is 0 Å². The summed E-state index contributed by atoms with van der Waals surface area (Å²) in [6, 6.07) is 0. The quantitative estimate of drug-likeness (QED) is 0.564. The highest BCUT2D eigenvalue weighted by Gasteiger charge is 2.24. The van der Waals surface area contributed by atoms with Gasteiger partial charge in [-0.15, -0.1) is 0 Å². The molecule has 0 amide bonds. The highest BCUT2D eigenvalue weighted by molar-refractivity contribution is 4.77. The number of hydrogen-bond acceptors (Lipinski definition) is 2. The molecule has 14 heavy (non-hydrogen) atoms. The maximum absolute atomic E-state index is 10.2. The molecule has 0 heterocycles. The van der Waals surface area contributed by atoms with Crippen LogP contribution in [0.4, 0.5) is 0 Å². The third kappa shape index (κ3) is 6.39. The fourth-order valence-corrected chi connectivity index (χ4v) is 1.79. The molecule has 1 atom stereocenters. The predicted molar refractivity (Wildman–Crippen MR) is 60.3 cm³/mol. The van der Waals surface area contributed by atoms with E-state index < -0.39 is 5.60 Å². The smallest absolute Gasteiger partial charge is 0.0669 e. The molecular formula is C12H26O2. The van der Waals surface area contributed by atoms with E-state index in [9.17, 15) is 5.11 Å². The molecule has 0 aromatic carbocycles. The third-order valence-electron chi connectivity index (χ3n) is 2.82. The van der Waals surface area contributed by atoms with E-state index in [1.807, 2.05) is 0 Å². The lowest BCUT2D eigenvalue weighted by Crippen LogP contribution is -2.29. The Balaban J connectivity index is 3.82. The molecule has 0 aliphatic rings. The third-order valence-corrected chi connectivity index (χ3v) is 2.82. The highest BCUT2D eigenvalue weighted by atomic mass is 16.3. The van der Waals surface area contributed by atoms with E-state index in [1.165, 1.54) is 12.8 Å². The lowest BCUT2D eigenvalue weighted by molar-refractivity contribution is -0.00362. The average Bonchev–Trinajstić information content (AvgIpc) is 2.16. The second-order valence-corrected chi connectivity index (χ2v) is 4.26. The Morgan fingerprint density at radius 3 is 1.93 bits per heavy atom. The van der Waals surface area contributed by atoms with Crippen LogP contribution in [0.25, 0.3) is 0 Å². The summed E-state index contributed by atoms with van der Waals surface area (Å²) in [5.74, 6) is 0. The Hall–Kier alpha value is -0.0800. The van der Waals surface area contributed by atoms with Gasteiger partial charge in [-0.05, 0) is 19.3 Å². The summed E-state index contributed by atoms with van der Waals surface area (Å²) in [5, 5.41) is 19.1. The van der Waals surface area contributed by atoms with E-state index in [0.29, 0.717) is 6.42 Å². The molecule has 0 aromatic rings. The Bertz CT molecular complexity index is 125. The first-order valence-corrected chi connectivity index (χ1v) is 6.01. The van der Waals surface area contributed by atoms with Crippen molar-refractivity contribution in [1.82, 2.24) is 0 Å². The first-order chi connectivity index (χ1) is 6.68. The molecule has 0 rings (SSSR count). The predicted octanol–water partition coefficient (Wildman–Crippen LogP) is 2.87. The standard InChI is InChI=1S/C12H26O2/c1-3-5-7-9-12(14,10-11-13)8-6-4-2/h13-14H,3-11H2,1-2H3. The zero-order chi connectivity index (χ0) is 10.9. The van der Waals surface area contributed by atoms with Crippen LogP contribution in [-0.4, -0.2) is 22.4 Å². The maximum atomic E-state index is 10.2. The Morgan fingerprint density at radius 1 is 0.857 bits per heavy atom. The molecule has 1 unspecified atom stereocenters. The van der Waals surface area contributed by atoms with Gasteiger partial charge in [0.1, 0.15) is 0 Å². The monoisotopic (exact) mass is 202 g/mol. The molecule has 0 saturated carbocycles. The summed E-state index contributed by atoms with van der Waals surface area (Å²) < 4.78 is 0. The van der Waals surface area contributed by atoms with Crippen molar-refractivity contribution in [1.29, 1.82) is 0 Å². The van der Waals surface area contributed by atoms with Crippen molar-refractivity contribution in [3.8, 4) is 0 Å². The van der Waals surface area contributed by atoms with Gasteiger partial charge in [0.25, 0.3) is 0 Å². The van der Waals surface area contributed by atoms with Crippen LogP contribution in [0.15, 0.2) is 0 Å². The largest absolute Gasteiger partial charge is 0.396 e. The van der Waals surface area contributed by atoms with Gasteiger partial charge in [-0.1, -0.05) is 46.0 Å². The van der Waals surface area contributed by atoms with Crippen LogP contribution in [0, 0.1) is 0 Å². The minimum absolute atomic E-state index is 0.104. The van der Waals surface area contributed by atoms with Crippen molar-refractivity contribution in [2.24, 2.45) is 0 Å². The van der Waals surface area contributed by atoms with E-state index in [2.05, 4.69) is 13.8 Å². The van der Waals surface area contributed by atoms with E-state index in [4.69, 9.17) is 5.11 Å². The Morgan fingerprint density at radius 2 is 1.43 bits per heavy atom. The highest BCUT2D eigenvalue weighted by Crippen LogP contribution is 2.25. The average molecular weight is 202 g/mol. The molecule has 0 bridgehead atoms. The first-order valence-electron chi connectivity index (χ1n) is 6.01. The second kappa shape index (κ2) is 8.25. The molecule has 2 heteroatoms. The summed E-state index contributed by atoms with van der Waals surface area (Å²) >= 11 is 0. The van der Waals surface area contributed by atoms with Crippen LogP contribution in [0.2, 0.25) is 0 Å². The van der Waals surface area contributed by atoms with Crippen molar-refractivity contribution in [2.75, 3.05) is 6.61 Å². The molecule has 2 nitrogen and oxygen atoms in total. The second-order valence-electron chi connectivity index (χ2n) is 4.26. The van der Waals surface area contributed by atoms with Gasteiger partial charge < -0.3 is 10.2 Å². The Kier molecular flexibility index (Phi) is 8.20. The van der Waals surface area contributed by atoms with E-state index >= 15 is 0 Å². The number of aliphatic hydroxyl groups excluding tert-OH is 1. The molecule has 0 saturated heterocycles.